The van der Waals surface area contributed by atoms with Gasteiger partial charge in [-0.15, -0.1) is 0 Å². The quantitative estimate of drug-likeness (QED) is 0.793. The standard InChI is InChI=1S/C12H11FN2O/c1-9-6-12(15-8-14-9)16-7-10-2-4-11(13)5-3-10/h2-6,8H,7H2,1H3. The van der Waals surface area contributed by atoms with Gasteiger partial charge in [0.15, 0.2) is 0 Å². The molecule has 1 heterocycles. The molecule has 2 rings (SSSR count). The van der Waals surface area contributed by atoms with Crippen molar-refractivity contribution in [1.29, 1.82) is 0 Å². The lowest BCUT2D eigenvalue weighted by Gasteiger charge is -2.05. The van der Waals surface area contributed by atoms with Gasteiger partial charge in [-0.1, -0.05) is 12.1 Å². The molecule has 0 atom stereocenters. The number of aryl methyl sites for hydroxylation is 1. The van der Waals surface area contributed by atoms with E-state index in [-0.39, 0.29) is 5.82 Å². The van der Waals surface area contributed by atoms with Gasteiger partial charge >= 0.3 is 0 Å². The van der Waals surface area contributed by atoms with Crippen molar-refractivity contribution in [3.8, 4) is 5.88 Å². The molecule has 0 aliphatic rings. The second-order valence-corrected chi connectivity index (χ2v) is 3.41. The van der Waals surface area contributed by atoms with Crippen LogP contribution in [0.25, 0.3) is 0 Å². The molecule has 0 fully saturated rings. The Balaban J connectivity index is 1.99. The molecule has 0 radical (unpaired) electrons. The highest BCUT2D eigenvalue weighted by molar-refractivity contribution is 5.17. The highest BCUT2D eigenvalue weighted by atomic mass is 19.1. The molecule has 0 saturated carbocycles. The number of rotatable bonds is 3. The van der Waals surface area contributed by atoms with E-state index in [1.807, 2.05) is 6.92 Å². The summed E-state index contributed by atoms with van der Waals surface area (Å²) in [6, 6.07) is 7.93. The molecule has 0 saturated heterocycles. The Morgan fingerprint density at radius 2 is 1.94 bits per heavy atom. The van der Waals surface area contributed by atoms with Crippen LogP contribution in [-0.4, -0.2) is 9.97 Å². The predicted octanol–water partition coefficient (Wildman–Crippen LogP) is 2.50. The van der Waals surface area contributed by atoms with Gasteiger partial charge in [0.25, 0.3) is 0 Å². The molecule has 82 valence electrons. The molecule has 0 aliphatic heterocycles. The smallest absolute Gasteiger partial charge is 0.216 e. The van der Waals surface area contributed by atoms with Crippen LogP contribution in [0.15, 0.2) is 36.7 Å². The van der Waals surface area contributed by atoms with E-state index in [1.165, 1.54) is 18.5 Å². The lowest BCUT2D eigenvalue weighted by molar-refractivity contribution is 0.293. The average molecular weight is 218 g/mol. The van der Waals surface area contributed by atoms with Gasteiger partial charge in [-0.05, 0) is 24.6 Å². The van der Waals surface area contributed by atoms with Crippen LogP contribution in [0.2, 0.25) is 0 Å². The summed E-state index contributed by atoms with van der Waals surface area (Å²) in [6.45, 7) is 2.24. The van der Waals surface area contributed by atoms with Crippen LogP contribution in [0.3, 0.4) is 0 Å². The Bertz CT molecular complexity index is 471. The van der Waals surface area contributed by atoms with Gasteiger partial charge in [-0.3, -0.25) is 0 Å². The van der Waals surface area contributed by atoms with E-state index in [1.54, 1.807) is 18.2 Å². The Morgan fingerprint density at radius 1 is 1.19 bits per heavy atom. The normalized spacial score (nSPS) is 10.1. The van der Waals surface area contributed by atoms with E-state index in [0.29, 0.717) is 12.5 Å². The summed E-state index contributed by atoms with van der Waals surface area (Å²) in [7, 11) is 0. The first-order valence-electron chi connectivity index (χ1n) is 4.90. The van der Waals surface area contributed by atoms with Gasteiger partial charge in [0, 0.05) is 11.8 Å². The fourth-order valence-electron chi connectivity index (χ4n) is 1.25. The maximum atomic E-state index is 12.6. The average Bonchev–Trinajstić information content (AvgIpc) is 2.28. The molecule has 0 spiro atoms. The summed E-state index contributed by atoms with van der Waals surface area (Å²) in [5.74, 6) is 0.276. The molecule has 1 aromatic heterocycles. The van der Waals surface area contributed by atoms with E-state index < -0.39 is 0 Å². The zero-order valence-electron chi connectivity index (χ0n) is 8.85. The third kappa shape index (κ3) is 2.76. The maximum absolute atomic E-state index is 12.6. The van der Waals surface area contributed by atoms with Crippen molar-refractivity contribution < 1.29 is 9.13 Å². The topological polar surface area (TPSA) is 35.0 Å². The highest BCUT2D eigenvalue weighted by Crippen LogP contribution is 2.09. The van der Waals surface area contributed by atoms with Crippen molar-refractivity contribution in [3.05, 3.63) is 53.7 Å². The van der Waals surface area contributed by atoms with E-state index in [4.69, 9.17) is 4.74 Å². The zero-order chi connectivity index (χ0) is 11.4. The number of hydrogen-bond donors (Lipinski definition) is 0. The van der Waals surface area contributed by atoms with Gasteiger partial charge in [-0.2, -0.15) is 0 Å². The Kier molecular flexibility index (Phi) is 3.10. The van der Waals surface area contributed by atoms with Crippen molar-refractivity contribution in [2.24, 2.45) is 0 Å². The first-order valence-corrected chi connectivity index (χ1v) is 4.90. The van der Waals surface area contributed by atoms with E-state index in [9.17, 15) is 4.39 Å². The second kappa shape index (κ2) is 4.70. The van der Waals surface area contributed by atoms with Crippen LogP contribution in [0.5, 0.6) is 5.88 Å². The maximum Gasteiger partial charge on any atom is 0.216 e. The number of nitrogens with zero attached hydrogens (tertiary/aromatic N) is 2. The molecule has 0 aliphatic carbocycles. The van der Waals surface area contributed by atoms with Crippen LogP contribution in [0.1, 0.15) is 11.3 Å². The van der Waals surface area contributed by atoms with Gasteiger partial charge in [-0.25, -0.2) is 14.4 Å². The molecule has 2 aromatic rings. The molecule has 0 unspecified atom stereocenters. The monoisotopic (exact) mass is 218 g/mol. The number of halogens is 1. The highest BCUT2D eigenvalue weighted by Gasteiger charge is 1.98. The number of benzene rings is 1. The summed E-state index contributed by atoms with van der Waals surface area (Å²) in [5, 5.41) is 0. The number of aromatic nitrogens is 2. The van der Waals surface area contributed by atoms with E-state index in [2.05, 4.69) is 9.97 Å². The van der Waals surface area contributed by atoms with Crippen LogP contribution in [-0.2, 0) is 6.61 Å². The lowest BCUT2D eigenvalue weighted by Crippen LogP contribution is -1.98. The largest absolute Gasteiger partial charge is 0.473 e. The first kappa shape index (κ1) is 10.5. The predicted molar refractivity (Wildman–Crippen MR) is 57.5 cm³/mol. The Morgan fingerprint density at radius 3 is 2.62 bits per heavy atom. The molecule has 16 heavy (non-hydrogen) atoms. The molecule has 0 bridgehead atoms. The fraction of sp³-hybridized carbons (Fsp3) is 0.167. The Hall–Kier alpha value is -1.97. The van der Waals surface area contributed by atoms with Crippen LogP contribution in [0.4, 0.5) is 4.39 Å². The minimum absolute atomic E-state index is 0.248. The van der Waals surface area contributed by atoms with Crippen LogP contribution >= 0.6 is 0 Å². The summed E-state index contributed by atoms with van der Waals surface area (Å²) < 4.78 is 18.1. The first-order chi connectivity index (χ1) is 7.74. The van der Waals surface area contributed by atoms with Crippen LogP contribution in [0, 0.1) is 12.7 Å². The van der Waals surface area contributed by atoms with E-state index >= 15 is 0 Å². The van der Waals surface area contributed by atoms with Gasteiger partial charge < -0.3 is 4.74 Å². The molecule has 1 aromatic carbocycles. The summed E-state index contributed by atoms with van der Waals surface area (Å²) >= 11 is 0. The number of hydrogen-bond acceptors (Lipinski definition) is 3. The third-order valence-corrected chi connectivity index (χ3v) is 2.08. The minimum atomic E-state index is -0.248. The molecule has 0 amide bonds. The van der Waals surface area contributed by atoms with Gasteiger partial charge in [0.2, 0.25) is 5.88 Å². The summed E-state index contributed by atoms with van der Waals surface area (Å²) in [6.07, 6.45) is 1.45. The van der Waals surface area contributed by atoms with Crippen molar-refractivity contribution in [1.82, 2.24) is 9.97 Å². The van der Waals surface area contributed by atoms with Crippen LogP contribution < -0.4 is 4.74 Å². The molecule has 3 nitrogen and oxygen atoms in total. The molecule has 4 heteroatoms. The van der Waals surface area contributed by atoms with E-state index in [0.717, 1.165) is 11.3 Å². The minimum Gasteiger partial charge on any atom is -0.473 e. The fourth-order valence-corrected chi connectivity index (χ4v) is 1.25. The molecule has 0 N–H and O–H groups in total. The van der Waals surface area contributed by atoms with Gasteiger partial charge in [0.1, 0.15) is 18.8 Å². The second-order valence-electron chi connectivity index (χ2n) is 3.41. The molecular weight excluding hydrogens is 207 g/mol. The Labute approximate surface area is 92.9 Å². The molecular formula is C12H11FN2O. The van der Waals surface area contributed by atoms with Gasteiger partial charge in [0.05, 0.1) is 0 Å². The van der Waals surface area contributed by atoms with Crippen molar-refractivity contribution >= 4 is 0 Å². The van der Waals surface area contributed by atoms with Crippen molar-refractivity contribution in [2.45, 2.75) is 13.5 Å². The summed E-state index contributed by atoms with van der Waals surface area (Å²) in [4.78, 5) is 7.93. The number of ether oxygens (including phenoxy) is 1. The summed E-state index contributed by atoms with van der Waals surface area (Å²) in [5.41, 5.74) is 1.75. The zero-order valence-corrected chi connectivity index (χ0v) is 8.85. The third-order valence-electron chi connectivity index (χ3n) is 2.08. The van der Waals surface area contributed by atoms with Crippen molar-refractivity contribution in [3.63, 3.8) is 0 Å². The SMILES string of the molecule is Cc1cc(OCc2ccc(F)cc2)ncn1. The van der Waals surface area contributed by atoms with Crippen molar-refractivity contribution in [2.75, 3.05) is 0 Å². The lowest BCUT2D eigenvalue weighted by atomic mass is 10.2.